The Bertz CT molecular complexity index is 524. The number of rotatable bonds is 5. The molecule has 0 spiro atoms. The molecule has 2 N–H and O–H groups in total. The average Bonchev–Trinajstić information content (AvgIpc) is 2.81. The number of hydrogen-bond donors (Lipinski definition) is 2. The Hall–Kier alpha value is -1.11. The highest BCUT2D eigenvalue weighted by Crippen LogP contribution is 2.21. The molecule has 0 radical (unpaired) electrons. The van der Waals surface area contributed by atoms with Crippen molar-refractivity contribution < 1.29 is 9.84 Å². The number of anilines is 1. The van der Waals surface area contributed by atoms with Gasteiger partial charge in [-0.15, -0.1) is 0 Å². The molecule has 20 heavy (non-hydrogen) atoms. The first-order valence-corrected chi connectivity index (χ1v) is 7.09. The maximum atomic E-state index is 12.0. The molecule has 0 aliphatic carbocycles. The molecule has 2 rings (SSSR count). The predicted octanol–water partition coefficient (Wildman–Crippen LogP) is 1.12. The summed E-state index contributed by atoms with van der Waals surface area (Å²) in [5.74, 6) is 0.312. The Kier molecular flexibility index (Phi) is 4.67. The minimum Gasteiger partial charge on any atom is -0.386 e. The van der Waals surface area contributed by atoms with Crippen LogP contribution >= 0.6 is 11.6 Å². The first-order valence-electron chi connectivity index (χ1n) is 6.71. The maximum absolute atomic E-state index is 12.0. The number of hydrogen-bond acceptors (Lipinski definition) is 5. The second-order valence-corrected chi connectivity index (χ2v) is 6.01. The zero-order valence-corrected chi connectivity index (χ0v) is 12.5. The lowest BCUT2D eigenvalue weighted by atomic mass is 10.0. The maximum Gasteiger partial charge on any atom is 0.287 e. The van der Waals surface area contributed by atoms with E-state index in [0.717, 1.165) is 0 Å². The van der Waals surface area contributed by atoms with E-state index < -0.39 is 5.60 Å². The monoisotopic (exact) mass is 301 g/mol. The van der Waals surface area contributed by atoms with E-state index in [-0.39, 0.29) is 23.7 Å². The fraction of sp³-hybridized carbons (Fsp3) is 0.692. The Labute approximate surface area is 122 Å². The lowest BCUT2D eigenvalue weighted by molar-refractivity contribution is 0.0382. The van der Waals surface area contributed by atoms with E-state index in [9.17, 15) is 9.90 Å². The SMILES string of the molecule is CC(C)Cn1ncc(NCC2(O)CCOC2)c(Cl)c1=O. The average molecular weight is 302 g/mol. The van der Waals surface area contributed by atoms with Crippen LogP contribution in [-0.2, 0) is 11.3 Å². The fourth-order valence-electron chi connectivity index (χ4n) is 2.06. The van der Waals surface area contributed by atoms with Crippen LogP contribution < -0.4 is 10.9 Å². The van der Waals surface area contributed by atoms with Crippen molar-refractivity contribution in [1.29, 1.82) is 0 Å². The molecule has 0 aromatic carbocycles. The summed E-state index contributed by atoms with van der Waals surface area (Å²) in [7, 11) is 0. The summed E-state index contributed by atoms with van der Waals surface area (Å²) in [5, 5.41) is 17.3. The Balaban J connectivity index is 2.09. The van der Waals surface area contributed by atoms with Crippen LogP contribution in [0.25, 0.3) is 0 Å². The van der Waals surface area contributed by atoms with Crippen LogP contribution in [0.15, 0.2) is 11.0 Å². The van der Waals surface area contributed by atoms with Gasteiger partial charge in [-0.3, -0.25) is 4.79 Å². The van der Waals surface area contributed by atoms with E-state index in [1.54, 1.807) is 0 Å². The van der Waals surface area contributed by atoms with Gasteiger partial charge in [-0.2, -0.15) is 5.10 Å². The van der Waals surface area contributed by atoms with Gasteiger partial charge in [-0.1, -0.05) is 25.4 Å². The van der Waals surface area contributed by atoms with Gasteiger partial charge in [-0.25, -0.2) is 4.68 Å². The molecule has 0 amide bonds. The minimum absolute atomic E-state index is 0.100. The lowest BCUT2D eigenvalue weighted by Gasteiger charge is -2.21. The van der Waals surface area contributed by atoms with Crippen LogP contribution in [-0.4, -0.2) is 40.2 Å². The van der Waals surface area contributed by atoms with E-state index in [2.05, 4.69) is 10.4 Å². The molecule has 1 saturated heterocycles. The molecule has 0 bridgehead atoms. The second kappa shape index (κ2) is 6.11. The molecule has 0 saturated carbocycles. The molecule has 1 unspecified atom stereocenters. The topological polar surface area (TPSA) is 76.4 Å². The van der Waals surface area contributed by atoms with Gasteiger partial charge in [0.15, 0.2) is 0 Å². The molecule has 1 aromatic heterocycles. The first kappa shape index (κ1) is 15.3. The summed E-state index contributed by atoms with van der Waals surface area (Å²) in [4.78, 5) is 12.0. The van der Waals surface area contributed by atoms with Gasteiger partial charge < -0.3 is 15.2 Å². The zero-order chi connectivity index (χ0) is 14.8. The molecular weight excluding hydrogens is 282 g/mol. The van der Waals surface area contributed by atoms with Crippen molar-refractivity contribution in [1.82, 2.24) is 9.78 Å². The van der Waals surface area contributed by atoms with Crippen molar-refractivity contribution in [3.05, 3.63) is 21.6 Å². The summed E-state index contributed by atoms with van der Waals surface area (Å²) >= 11 is 6.06. The van der Waals surface area contributed by atoms with E-state index in [4.69, 9.17) is 16.3 Å². The molecule has 1 aliphatic rings. The van der Waals surface area contributed by atoms with Crippen LogP contribution in [0, 0.1) is 5.92 Å². The van der Waals surface area contributed by atoms with E-state index >= 15 is 0 Å². The molecule has 1 aromatic rings. The largest absolute Gasteiger partial charge is 0.386 e. The van der Waals surface area contributed by atoms with Gasteiger partial charge in [0.2, 0.25) is 0 Å². The third kappa shape index (κ3) is 3.50. The number of ether oxygens (including phenoxy) is 1. The van der Waals surface area contributed by atoms with Crippen molar-refractivity contribution in [2.24, 2.45) is 5.92 Å². The van der Waals surface area contributed by atoms with Crippen molar-refractivity contribution in [2.75, 3.05) is 25.1 Å². The molecule has 6 nitrogen and oxygen atoms in total. The van der Waals surface area contributed by atoms with Gasteiger partial charge >= 0.3 is 0 Å². The van der Waals surface area contributed by atoms with E-state index in [0.29, 0.717) is 31.2 Å². The summed E-state index contributed by atoms with van der Waals surface area (Å²) in [5.41, 5.74) is -0.784. The molecule has 2 heterocycles. The molecule has 7 heteroatoms. The fourth-order valence-corrected chi connectivity index (χ4v) is 2.27. The molecule has 1 fully saturated rings. The second-order valence-electron chi connectivity index (χ2n) is 5.63. The molecule has 112 valence electrons. The lowest BCUT2D eigenvalue weighted by Crippen LogP contribution is -2.37. The standard InChI is InChI=1S/C13H20ClN3O3/c1-9(2)6-17-12(18)11(14)10(5-16-17)15-7-13(19)3-4-20-8-13/h5,9,15,19H,3-4,6-8H2,1-2H3. The van der Waals surface area contributed by atoms with Crippen LogP contribution in [0.5, 0.6) is 0 Å². The first-order chi connectivity index (χ1) is 9.41. The van der Waals surface area contributed by atoms with Gasteiger partial charge in [0.25, 0.3) is 5.56 Å². The smallest absolute Gasteiger partial charge is 0.287 e. The van der Waals surface area contributed by atoms with Crippen LogP contribution in [0.1, 0.15) is 20.3 Å². The molecule has 1 atom stereocenters. The van der Waals surface area contributed by atoms with Gasteiger partial charge in [0.1, 0.15) is 10.6 Å². The number of nitrogens with zero attached hydrogens (tertiary/aromatic N) is 2. The van der Waals surface area contributed by atoms with E-state index in [1.165, 1.54) is 10.9 Å². The van der Waals surface area contributed by atoms with Crippen molar-refractivity contribution >= 4 is 17.3 Å². The quantitative estimate of drug-likeness (QED) is 0.852. The van der Waals surface area contributed by atoms with Gasteiger partial charge in [0.05, 0.1) is 18.5 Å². The number of halogens is 1. The van der Waals surface area contributed by atoms with Crippen molar-refractivity contribution in [2.45, 2.75) is 32.4 Å². The van der Waals surface area contributed by atoms with Crippen molar-refractivity contribution in [3.63, 3.8) is 0 Å². The predicted molar refractivity (Wildman–Crippen MR) is 77.2 cm³/mol. The third-order valence-electron chi connectivity index (χ3n) is 3.21. The highest BCUT2D eigenvalue weighted by atomic mass is 35.5. The third-order valence-corrected chi connectivity index (χ3v) is 3.58. The Morgan fingerprint density at radius 2 is 2.40 bits per heavy atom. The van der Waals surface area contributed by atoms with Crippen molar-refractivity contribution in [3.8, 4) is 0 Å². The number of aromatic nitrogens is 2. The van der Waals surface area contributed by atoms with Crippen LogP contribution in [0.4, 0.5) is 5.69 Å². The minimum atomic E-state index is -0.907. The van der Waals surface area contributed by atoms with Gasteiger partial charge in [-0.05, 0) is 5.92 Å². The molecular formula is C13H20ClN3O3. The summed E-state index contributed by atoms with van der Waals surface area (Å²) in [6, 6.07) is 0. The highest BCUT2D eigenvalue weighted by molar-refractivity contribution is 6.32. The van der Waals surface area contributed by atoms with E-state index in [1.807, 2.05) is 13.8 Å². The zero-order valence-electron chi connectivity index (χ0n) is 11.7. The Morgan fingerprint density at radius 3 is 3.00 bits per heavy atom. The highest BCUT2D eigenvalue weighted by Gasteiger charge is 2.32. The Morgan fingerprint density at radius 1 is 1.65 bits per heavy atom. The van der Waals surface area contributed by atoms with Gasteiger partial charge in [0, 0.05) is 26.1 Å². The summed E-state index contributed by atoms with van der Waals surface area (Å²) in [6.07, 6.45) is 2.08. The summed E-state index contributed by atoms with van der Waals surface area (Å²) in [6.45, 7) is 5.64. The van der Waals surface area contributed by atoms with Crippen LogP contribution in [0.2, 0.25) is 5.02 Å². The molecule has 1 aliphatic heterocycles. The summed E-state index contributed by atoms with van der Waals surface area (Å²) < 4.78 is 6.51. The number of nitrogens with one attached hydrogen (secondary N) is 1. The number of aliphatic hydroxyl groups is 1. The normalized spacial score (nSPS) is 22.4. The van der Waals surface area contributed by atoms with Crippen LogP contribution in [0.3, 0.4) is 0 Å².